The first-order valence-electron chi connectivity index (χ1n) is 15.5. The SMILES string of the molecule is CC(C)[C@@H]1NC(=O)CN(C)C(=O)[C@@H](Cc2ccccc2)NC(=O)[C@H]2CN(C(=O)c3ccc4c(c3)CCCO4)C[C@H](CNC1=O)O2. The van der Waals surface area contributed by atoms with Gasteiger partial charge in [0.05, 0.1) is 25.8 Å². The van der Waals surface area contributed by atoms with Crippen LogP contribution in [-0.2, 0) is 36.8 Å². The molecule has 45 heavy (non-hydrogen) atoms. The molecule has 3 aliphatic rings. The van der Waals surface area contributed by atoms with E-state index in [4.69, 9.17) is 9.47 Å². The summed E-state index contributed by atoms with van der Waals surface area (Å²) >= 11 is 0. The van der Waals surface area contributed by atoms with Crippen molar-refractivity contribution in [1.82, 2.24) is 25.8 Å². The lowest BCUT2D eigenvalue weighted by atomic mass is 10.0. The van der Waals surface area contributed by atoms with Gasteiger partial charge in [-0.15, -0.1) is 0 Å². The first-order valence-corrected chi connectivity index (χ1v) is 15.5. The van der Waals surface area contributed by atoms with Crippen molar-refractivity contribution in [1.29, 1.82) is 0 Å². The van der Waals surface area contributed by atoms with Crippen molar-refractivity contribution in [3.8, 4) is 5.75 Å². The zero-order chi connectivity index (χ0) is 32.1. The minimum atomic E-state index is -1.10. The smallest absolute Gasteiger partial charge is 0.254 e. The van der Waals surface area contributed by atoms with E-state index in [0.29, 0.717) is 12.2 Å². The van der Waals surface area contributed by atoms with Gasteiger partial charge in [0, 0.05) is 32.1 Å². The standard InChI is InChI=1S/C33H41N5O7/c1-20(2)29-31(41)34-16-24-17-38(32(42)23-11-12-26-22(15-23)10-7-13-44-26)18-27(45-24)30(40)35-25(14-21-8-5-4-6-9-21)33(43)37(3)19-28(39)36-29/h4-6,8-9,11-12,15,20,24-25,27,29H,7,10,13-14,16-19H2,1-3H3,(H,34,41)(H,35,40)(H,36,39)/t24-,25+,27+,29-/m0/s1. The van der Waals surface area contributed by atoms with E-state index in [-0.39, 0.29) is 44.4 Å². The first kappa shape index (κ1) is 32.0. The zero-order valence-electron chi connectivity index (χ0n) is 25.9. The Morgan fingerprint density at radius 3 is 2.53 bits per heavy atom. The van der Waals surface area contributed by atoms with Gasteiger partial charge in [-0.2, -0.15) is 0 Å². The Morgan fingerprint density at radius 1 is 1.00 bits per heavy atom. The van der Waals surface area contributed by atoms with E-state index in [1.54, 1.807) is 17.0 Å². The van der Waals surface area contributed by atoms with Gasteiger partial charge in [-0.25, -0.2) is 0 Å². The summed E-state index contributed by atoms with van der Waals surface area (Å²) in [5.74, 6) is -1.72. The van der Waals surface area contributed by atoms with E-state index >= 15 is 0 Å². The van der Waals surface area contributed by atoms with Gasteiger partial charge in [-0.3, -0.25) is 24.0 Å². The molecule has 2 bridgehead atoms. The second-order valence-corrected chi connectivity index (χ2v) is 12.2. The number of ether oxygens (including phenoxy) is 2. The molecule has 2 saturated heterocycles. The van der Waals surface area contributed by atoms with E-state index in [1.807, 2.05) is 50.2 Å². The number of nitrogens with zero attached hydrogens (tertiary/aromatic N) is 2. The third-order valence-electron chi connectivity index (χ3n) is 8.33. The maximum absolute atomic E-state index is 13.8. The van der Waals surface area contributed by atoms with Gasteiger partial charge in [0.15, 0.2) is 6.10 Å². The van der Waals surface area contributed by atoms with Crippen LogP contribution in [0.3, 0.4) is 0 Å². The quantitative estimate of drug-likeness (QED) is 0.456. The van der Waals surface area contributed by atoms with Crippen molar-refractivity contribution in [2.75, 3.05) is 39.8 Å². The van der Waals surface area contributed by atoms with Crippen molar-refractivity contribution in [2.45, 2.75) is 57.4 Å². The number of amides is 5. The minimum absolute atomic E-state index is 0.00971. The summed E-state index contributed by atoms with van der Waals surface area (Å²) in [6.07, 6.45) is 0.0260. The topological polar surface area (TPSA) is 146 Å². The highest BCUT2D eigenvalue weighted by Crippen LogP contribution is 2.27. The fourth-order valence-corrected chi connectivity index (χ4v) is 5.89. The van der Waals surface area contributed by atoms with Crippen LogP contribution in [0.1, 0.15) is 41.8 Å². The molecule has 2 aromatic rings. The molecule has 2 fully saturated rings. The van der Waals surface area contributed by atoms with Gasteiger partial charge in [-0.1, -0.05) is 44.2 Å². The van der Waals surface area contributed by atoms with E-state index in [0.717, 1.165) is 29.7 Å². The van der Waals surface area contributed by atoms with Gasteiger partial charge < -0.3 is 35.2 Å². The Bertz CT molecular complexity index is 1430. The van der Waals surface area contributed by atoms with Gasteiger partial charge in [0.25, 0.3) is 11.8 Å². The molecule has 240 valence electrons. The molecule has 0 aliphatic carbocycles. The normalized spacial score (nSPS) is 24.8. The zero-order valence-corrected chi connectivity index (χ0v) is 25.9. The van der Waals surface area contributed by atoms with Crippen molar-refractivity contribution in [3.05, 3.63) is 65.2 Å². The summed E-state index contributed by atoms with van der Waals surface area (Å²) in [6.45, 7) is 4.05. The molecular weight excluding hydrogens is 578 g/mol. The summed E-state index contributed by atoms with van der Waals surface area (Å²) in [5.41, 5.74) is 2.24. The van der Waals surface area contributed by atoms with Gasteiger partial charge in [0.1, 0.15) is 17.8 Å². The Labute approximate surface area is 262 Å². The molecule has 5 amide bonds. The third-order valence-corrected chi connectivity index (χ3v) is 8.33. The molecule has 0 unspecified atom stereocenters. The van der Waals surface area contributed by atoms with E-state index in [2.05, 4.69) is 16.0 Å². The number of fused-ring (bicyclic) bond motifs is 3. The molecule has 3 aliphatic heterocycles. The molecule has 5 rings (SSSR count). The molecule has 12 nitrogen and oxygen atoms in total. The third kappa shape index (κ3) is 7.80. The van der Waals surface area contributed by atoms with Crippen LogP contribution in [0.2, 0.25) is 0 Å². The number of aryl methyl sites for hydroxylation is 1. The molecule has 0 radical (unpaired) electrons. The van der Waals surface area contributed by atoms with E-state index in [1.165, 1.54) is 11.9 Å². The molecule has 0 spiro atoms. The van der Waals surface area contributed by atoms with Crippen LogP contribution in [0, 0.1) is 5.92 Å². The number of likely N-dealkylation sites (N-methyl/N-ethyl adjacent to an activating group) is 1. The largest absolute Gasteiger partial charge is 0.493 e. The number of carbonyl (C=O) groups is 5. The van der Waals surface area contributed by atoms with Crippen molar-refractivity contribution in [3.63, 3.8) is 0 Å². The molecule has 0 saturated carbocycles. The maximum atomic E-state index is 13.8. The molecule has 12 heteroatoms. The van der Waals surface area contributed by atoms with Crippen LogP contribution in [0.25, 0.3) is 0 Å². The number of hydrogen-bond donors (Lipinski definition) is 3. The number of benzene rings is 2. The van der Waals surface area contributed by atoms with Crippen molar-refractivity contribution in [2.24, 2.45) is 5.92 Å². The molecular formula is C33H41N5O7. The lowest BCUT2D eigenvalue weighted by Crippen LogP contribution is -2.59. The van der Waals surface area contributed by atoms with E-state index < -0.39 is 47.9 Å². The summed E-state index contributed by atoms with van der Waals surface area (Å²) in [6, 6.07) is 12.7. The predicted molar refractivity (Wildman–Crippen MR) is 164 cm³/mol. The molecule has 0 aromatic heterocycles. The van der Waals surface area contributed by atoms with Gasteiger partial charge in [0.2, 0.25) is 17.7 Å². The highest BCUT2D eigenvalue weighted by atomic mass is 16.5. The van der Waals surface area contributed by atoms with Crippen LogP contribution < -0.4 is 20.7 Å². The van der Waals surface area contributed by atoms with Crippen LogP contribution in [0.5, 0.6) is 5.75 Å². The van der Waals surface area contributed by atoms with Crippen LogP contribution in [-0.4, -0.2) is 103 Å². The number of rotatable bonds is 4. The lowest BCUT2D eigenvalue weighted by molar-refractivity contribution is -0.148. The highest BCUT2D eigenvalue weighted by Gasteiger charge is 2.38. The Hall–Kier alpha value is -4.45. The molecule has 3 heterocycles. The van der Waals surface area contributed by atoms with Crippen LogP contribution in [0.15, 0.2) is 48.5 Å². The lowest BCUT2D eigenvalue weighted by Gasteiger charge is -2.38. The average molecular weight is 620 g/mol. The number of hydrogen-bond acceptors (Lipinski definition) is 7. The summed E-state index contributed by atoms with van der Waals surface area (Å²) in [5, 5.41) is 8.40. The maximum Gasteiger partial charge on any atom is 0.254 e. The first-order chi connectivity index (χ1) is 21.6. The number of carbonyl (C=O) groups excluding carboxylic acids is 5. The van der Waals surface area contributed by atoms with E-state index in [9.17, 15) is 24.0 Å². The summed E-state index contributed by atoms with van der Waals surface area (Å²) in [4.78, 5) is 70.1. The van der Waals surface area contributed by atoms with Gasteiger partial charge >= 0.3 is 0 Å². The predicted octanol–water partition coefficient (Wildman–Crippen LogP) is 0.678. The van der Waals surface area contributed by atoms with Crippen LogP contribution >= 0.6 is 0 Å². The second-order valence-electron chi connectivity index (χ2n) is 12.2. The van der Waals surface area contributed by atoms with Crippen molar-refractivity contribution < 1.29 is 33.4 Å². The summed E-state index contributed by atoms with van der Waals surface area (Å²) in [7, 11) is 1.48. The molecule has 3 N–H and O–H groups in total. The Kier molecular flexibility index (Phi) is 10.0. The fourth-order valence-electron chi connectivity index (χ4n) is 5.89. The number of morpholine rings is 1. The monoisotopic (exact) mass is 619 g/mol. The second kappa shape index (κ2) is 14.1. The molecule has 2 aromatic carbocycles. The molecule has 4 atom stereocenters. The number of nitrogens with one attached hydrogen (secondary N) is 3. The fraction of sp³-hybridized carbons (Fsp3) is 0.485. The summed E-state index contributed by atoms with van der Waals surface area (Å²) < 4.78 is 11.9. The Balaban J connectivity index is 1.44. The van der Waals surface area contributed by atoms with Crippen molar-refractivity contribution >= 4 is 29.5 Å². The highest BCUT2D eigenvalue weighted by molar-refractivity contribution is 5.96. The average Bonchev–Trinajstić information content (AvgIpc) is 3.04. The van der Waals surface area contributed by atoms with Crippen LogP contribution in [0.4, 0.5) is 0 Å². The minimum Gasteiger partial charge on any atom is -0.493 e. The Morgan fingerprint density at radius 2 is 1.78 bits per heavy atom. The van der Waals surface area contributed by atoms with Gasteiger partial charge in [-0.05, 0) is 48.1 Å².